The Labute approximate surface area is 225 Å². The number of rotatable bonds is 7. The Morgan fingerprint density at radius 1 is 1.28 bits per heavy atom. The largest absolute Gasteiger partial charge is 0.482 e. The van der Waals surface area contributed by atoms with Crippen LogP contribution in [0.3, 0.4) is 0 Å². The van der Waals surface area contributed by atoms with Crippen molar-refractivity contribution in [3.8, 4) is 22.9 Å². The van der Waals surface area contributed by atoms with Gasteiger partial charge in [-0.1, -0.05) is 0 Å². The first-order valence-corrected chi connectivity index (χ1v) is 12.0. The number of hydrogen-bond acceptors (Lipinski definition) is 9. The molecular weight excluding hydrogens is 507 g/mol. The topological polar surface area (TPSA) is 146 Å². The molecule has 1 aromatic carbocycles. The van der Waals surface area contributed by atoms with Gasteiger partial charge in [-0.15, -0.1) is 0 Å². The summed E-state index contributed by atoms with van der Waals surface area (Å²) in [6, 6.07) is 7.30. The predicted octanol–water partition coefficient (Wildman–Crippen LogP) is 4.37. The summed E-state index contributed by atoms with van der Waals surface area (Å²) in [7, 11) is 4.46. The lowest BCUT2D eigenvalue weighted by Crippen LogP contribution is -2.34. The van der Waals surface area contributed by atoms with Gasteiger partial charge in [0.25, 0.3) is 0 Å². The van der Waals surface area contributed by atoms with E-state index in [0.717, 1.165) is 6.07 Å². The van der Waals surface area contributed by atoms with Gasteiger partial charge in [0.2, 0.25) is 0 Å². The predicted molar refractivity (Wildman–Crippen MR) is 140 cm³/mol. The molecule has 2 aromatic heterocycles. The average molecular weight is 539 g/mol. The number of methoxy groups -OCH3 is 1. The second-order valence-electron chi connectivity index (χ2n) is 9.83. The van der Waals surface area contributed by atoms with E-state index in [9.17, 15) is 19.2 Å². The fourth-order valence-electron chi connectivity index (χ4n) is 3.86. The van der Waals surface area contributed by atoms with Crippen LogP contribution in [-0.4, -0.2) is 51.5 Å². The molecule has 12 heteroatoms. The summed E-state index contributed by atoms with van der Waals surface area (Å²) in [5.74, 6) is -1.02. The molecule has 0 fully saturated rings. The normalized spacial score (nSPS) is 11.9. The summed E-state index contributed by atoms with van der Waals surface area (Å²) in [5, 5.41) is 14.1. The number of carbonyl (C=O) groups is 2. The lowest BCUT2D eigenvalue weighted by Gasteiger charge is -2.25. The molecule has 0 bridgehead atoms. The summed E-state index contributed by atoms with van der Waals surface area (Å²) in [4.78, 5) is 30.4. The molecule has 11 nitrogen and oxygen atoms in total. The zero-order valence-electron chi connectivity index (χ0n) is 22.9. The second-order valence-corrected chi connectivity index (χ2v) is 9.83. The van der Waals surface area contributed by atoms with Crippen molar-refractivity contribution in [3.63, 3.8) is 0 Å². The Morgan fingerprint density at radius 2 is 1.97 bits per heavy atom. The number of nitriles is 1. The van der Waals surface area contributed by atoms with Crippen LogP contribution < -0.4 is 10.5 Å². The van der Waals surface area contributed by atoms with Gasteiger partial charge in [0.1, 0.15) is 23.6 Å². The van der Waals surface area contributed by atoms with Gasteiger partial charge in [-0.25, -0.2) is 19.0 Å². The van der Waals surface area contributed by atoms with E-state index in [0.29, 0.717) is 16.8 Å². The number of anilines is 1. The Balaban J connectivity index is 2.00. The number of aromatic nitrogens is 3. The van der Waals surface area contributed by atoms with Gasteiger partial charge in [0, 0.05) is 37.0 Å². The van der Waals surface area contributed by atoms with Crippen molar-refractivity contribution >= 4 is 17.9 Å². The monoisotopic (exact) mass is 538 g/mol. The van der Waals surface area contributed by atoms with Crippen LogP contribution in [0.4, 0.5) is 15.0 Å². The SMILES string of the molecule is COC(=O)c1ccc(F)cc1[C@@H](C)Oc1cc(-c2c(C#N)nn(C)c2CN(C)C(=O)OC(C)(C)C)cnc1N. The minimum absolute atomic E-state index is 0.0384. The third-order valence-corrected chi connectivity index (χ3v) is 5.70. The van der Waals surface area contributed by atoms with Crippen LogP contribution >= 0.6 is 0 Å². The molecule has 0 unspecified atom stereocenters. The third kappa shape index (κ3) is 6.62. The van der Waals surface area contributed by atoms with E-state index in [1.165, 1.54) is 35.0 Å². The molecular formula is C27H31FN6O5. The molecule has 206 valence electrons. The molecule has 0 radical (unpaired) electrons. The number of nitrogens with zero attached hydrogens (tertiary/aromatic N) is 5. The van der Waals surface area contributed by atoms with Crippen molar-refractivity contribution in [2.24, 2.45) is 7.05 Å². The van der Waals surface area contributed by atoms with Gasteiger partial charge in [-0.2, -0.15) is 10.4 Å². The Hall–Kier alpha value is -4.66. The number of hydrogen-bond donors (Lipinski definition) is 1. The summed E-state index contributed by atoms with van der Waals surface area (Å²) >= 11 is 0. The van der Waals surface area contributed by atoms with Crippen molar-refractivity contribution in [2.45, 2.75) is 45.9 Å². The van der Waals surface area contributed by atoms with Crippen molar-refractivity contribution in [3.05, 3.63) is 58.8 Å². The molecule has 0 aliphatic rings. The van der Waals surface area contributed by atoms with E-state index in [-0.39, 0.29) is 34.9 Å². The molecule has 0 saturated heterocycles. The molecule has 39 heavy (non-hydrogen) atoms. The first-order chi connectivity index (χ1) is 18.2. The Bertz CT molecular complexity index is 1440. The van der Waals surface area contributed by atoms with E-state index >= 15 is 0 Å². The standard InChI is InChI=1S/C27H31FN6O5/c1-15(19-11-17(28)8-9-18(19)25(35)37-7)38-22-10-16(13-31-24(22)30)23-20(12-29)32-34(6)21(23)14-33(5)26(36)39-27(2,3)4/h8-11,13,15H,14H2,1-7H3,(H2,30,31)/t15-/m1/s1. The maximum Gasteiger partial charge on any atom is 0.410 e. The van der Waals surface area contributed by atoms with Gasteiger partial charge in [-0.3, -0.25) is 4.68 Å². The van der Waals surface area contributed by atoms with Crippen molar-refractivity contribution in [1.29, 1.82) is 5.26 Å². The van der Waals surface area contributed by atoms with Gasteiger partial charge >= 0.3 is 12.1 Å². The Kier molecular flexibility index (Phi) is 8.44. The zero-order chi connectivity index (χ0) is 29.1. The van der Waals surface area contributed by atoms with Crippen LogP contribution in [0, 0.1) is 17.1 Å². The smallest absolute Gasteiger partial charge is 0.410 e. The molecule has 3 rings (SSSR count). The fraction of sp³-hybridized carbons (Fsp3) is 0.370. The summed E-state index contributed by atoms with van der Waals surface area (Å²) in [6.07, 6.45) is 0.0956. The lowest BCUT2D eigenvalue weighted by molar-refractivity contribution is 0.0281. The van der Waals surface area contributed by atoms with Crippen molar-refractivity contribution < 1.29 is 28.2 Å². The minimum Gasteiger partial charge on any atom is -0.482 e. The van der Waals surface area contributed by atoms with Crippen LogP contribution in [-0.2, 0) is 23.1 Å². The third-order valence-electron chi connectivity index (χ3n) is 5.70. The minimum atomic E-state index is -0.823. The number of nitrogens with two attached hydrogens (primary N) is 1. The molecule has 1 amide bonds. The van der Waals surface area contributed by atoms with E-state index in [1.54, 1.807) is 47.9 Å². The van der Waals surface area contributed by atoms with E-state index in [2.05, 4.69) is 16.2 Å². The number of halogens is 1. The van der Waals surface area contributed by atoms with Crippen LogP contribution in [0.1, 0.15) is 61.1 Å². The molecule has 0 aliphatic carbocycles. The molecule has 0 saturated carbocycles. The number of esters is 1. The summed E-state index contributed by atoms with van der Waals surface area (Å²) in [6.45, 7) is 7.01. The van der Waals surface area contributed by atoms with E-state index < -0.39 is 29.6 Å². The van der Waals surface area contributed by atoms with Gasteiger partial charge in [-0.05, 0) is 52.0 Å². The average Bonchev–Trinajstić information content (AvgIpc) is 3.18. The van der Waals surface area contributed by atoms with Crippen LogP contribution in [0.2, 0.25) is 0 Å². The summed E-state index contributed by atoms with van der Waals surface area (Å²) in [5.41, 5.74) is 7.33. The van der Waals surface area contributed by atoms with Gasteiger partial charge in [0.15, 0.2) is 17.3 Å². The maximum absolute atomic E-state index is 14.0. The Morgan fingerprint density at radius 3 is 2.59 bits per heavy atom. The molecule has 2 N–H and O–H groups in total. The number of benzene rings is 1. The summed E-state index contributed by atoms with van der Waals surface area (Å²) < 4.78 is 31.8. The van der Waals surface area contributed by atoms with Crippen LogP contribution in [0.25, 0.3) is 11.1 Å². The van der Waals surface area contributed by atoms with Crippen LogP contribution in [0.15, 0.2) is 30.5 Å². The highest BCUT2D eigenvalue weighted by molar-refractivity contribution is 5.91. The molecule has 3 aromatic rings. The quantitative estimate of drug-likeness (QED) is 0.433. The molecule has 0 aliphatic heterocycles. The first-order valence-electron chi connectivity index (χ1n) is 12.0. The molecule has 2 heterocycles. The fourth-order valence-corrected chi connectivity index (χ4v) is 3.86. The van der Waals surface area contributed by atoms with Gasteiger partial charge < -0.3 is 24.8 Å². The van der Waals surface area contributed by atoms with E-state index in [4.69, 9.17) is 19.9 Å². The number of aryl methyl sites for hydroxylation is 1. The molecule has 0 spiro atoms. The van der Waals surface area contributed by atoms with Crippen molar-refractivity contribution in [1.82, 2.24) is 19.7 Å². The van der Waals surface area contributed by atoms with E-state index in [1.807, 2.05) is 0 Å². The highest BCUT2D eigenvalue weighted by Crippen LogP contribution is 2.35. The van der Waals surface area contributed by atoms with Crippen LogP contribution in [0.5, 0.6) is 5.75 Å². The zero-order valence-corrected chi connectivity index (χ0v) is 22.9. The first kappa shape index (κ1) is 28.9. The maximum atomic E-state index is 14.0. The number of pyridine rings is 1. The highest BCUT2D eigenvalue weighted by atomic mass is 19.1. The highest BCUT2D eigenvalue weighted by Gasteiger charge is 2.26. The number of carbonyl (C=O) groups excluding carboxylic acids is 2. The number of nitrogen functional groups attached to an aromatic ring is 1. The number of amides is 1. The molecule has 1 atom stereocenters. The van der Waals surface area contributed by atoms with Gasteiger partial charge in [0.05, 0.1) is 24.9 Å². The van der Waals surface area contributed by atoms with Crippen molar-refractivity contribution in [2.75, 3.05) is 19.9 Å². The lowest BCUT2D eigenvalue weighted by atomic mass is 10.0. The second kappa shape index (κ2) is 11.4. The number of ether oxygens (including phenoxy) is 3.